The maximum absolute atomic E-state index is 10.1. The molecular formula is C15H24OSi. The second kappa shape index (κ2) is 6.77. The van der Waals surface area contributed by atoms with E-state index in [2.05, 4.69) is 26.5 Å². The molecule has 1 N–H and O–H groups in total. The van der Waals surface area contributed by atoms with E-state index in [1.165, 1.54) is 18.1 Å². The molecular weight excluding hydrogens is 224 g/mol. The van der Waals surface area contributed by atoms with E-state index in [-0.39, 0.29) is 0 Å². The van der Waals surface area contributed by atoms with Crippen LogP contribution in [0, 0.1) is 0 Å². The Morgan fingerprint density at radius 3 is 2.06 bits per heavy atom. The molecule has 0 saturated carbocycles. The van der Waals surface area contributed by atoms with Gasteiger partial charge in [0.15, 0.2) is 0 Å². The third kappa shape index (κ3) is 3.82. The van der Waals surface area contributed by atoms with Crippen LogP contribution in [0.2, 0.25) is 18.1 Å². The van der Waals surface area contributed by atoms with E-state index in [1.54, 1.807) is 0 Å². The van der Waals surface area contributed by atoms with Gasteiger partial charge in [0.25, 0.3) is 0 Å². The van der Waals surface area contributed by atoms with E-state index in [4.69, 9.17) is 0 Å². The molecule has 0 radical (unpaired) electrons. The van der Waals surface area contributed by atoms with Crippen molar-refractivity contribution in [1.82, 2.24) is 0 Å². The van der Waals surface area contributed by atoms with E-state index in [9.17, 15) is 5.11 Å². The number of hydrogen-bond donors (Lipinski definition) is 1. The van der Waals surface area contributed by atoms with Gasteiger partial charge in [0.2, 0.25) is 0 Å². The van der Waals surface area contributed by atoms with Gasteiger partial charge >= 0.3 is 0 Å². The van der Waals surface area contributed by atoms with Crippen molar-refractivity contribution in [2.24, 2.45) is 0 Å². The van der Waals surface area contributed by atoms with Crippen LogP contribution in [-0.2, 0) is 0 Å². The molecule has 0 aliphatic carbocycles. The fourth-order valence-electron chi connectivity index (χ4n) is 2.16. The normalized spacial score (nSPS) is 14.1. The largest absolute Gasteiger partial charge is 0.384 e. The summed E-state index contributed by atoms with van der Waals surface area (Å²) in [4.78, 5) is 0. The second-order valence-corrected chi connectivity index (χ2v) is 9.82. The third-order valence-corrected chi connectivity index (χ3v) is 9.01. The summed E-state index contributed by atoms with van der Waals surface area (Å²) in [6, 6.07) is 13.6. The Balaban J connectivity index is 2.76. The van der Waals surface area contributed by atoms with Crippen LogP contribution >= 0.6 is 0 Å². The highest BCUT2D eigenvalue weighted by molar-refractivity contribution is 6.84. The summed E-state index contributed by atoms with van der Waals surface area (Å²) in [6.45, 7) is 6.83. The first kappa shape index (κ1) is 14.2. The molecule has 1 unspecified atom stereocenters. The van der Waals surface area contributed by atoms with Gasteiger partial charge in [-0.15, -0.1) is 0 Å². The molecule has 1 rings (SSSR count). The Morgan fingerprint density at radius 1 is 1.06 bits per heavy atom. The minimum absolute atomic E-state index is 0.451. The standard InChI is InChI=1S/C15H24OSi/c1-4-17(5-2,6-3)13-12-15(16)14-10-8-7-9-11-14/h7-13,15-16H,4-6H2,1-3H3/b13-12-. The van der Waals surface area contributed by atoms with Crippen molar-refractivity contribution < 1.29 is 5.11 Å². The number of aliphatic hydroxyl groups is 1. The fraction of sp³-hybridized carbons (Fsp3) is 0.467. The molecule has 1 aromatic rings. The Bertz CT molecular complexity index is 333. The number of aliphatic hydroxyl groups excluding tert-OH is 1. The van der Waals surface area contributed by atoms with Crippen LogP contribution in [0.1, 0.15) is 32.4 Å². The van der Waals surface area contributed by atoms with Gasteiger partial charge in [0.1, 0.15) is 0 Å². The molecule has 0 saturated heterocycles. The Hall–Kier alpha value is -0.863. The zero-order valence-electron chi connectivity index (χ0n) is 11.2. The van der Waals surface area contributed by atoms with Crippen molar-refractivity contribution in [3.05, 3.63) is 47.7 Å². The van der Waals surface area contributed by atoms with Gasteiger partial charge in [-0.25, -0.2) is 0 Å². The highest BCUT2D eigenvalue weighted by Gasteiger charge is 2.23. The van der Waals surface area contributed by atoms with Crippen LogP contribution in [-0.4, -0.2) is 13.2 Å². The van der Waals surface area contributed by atoms with Crippen molar-refractivity contribution in [2.75, 3.05) is 0 Å². The lowest BCUT2D eigenvalue weighted by atomic mass is 10.1. The van der Waals surface area contributed by atoms with E-state index in [0.717, 1.165) is 5.56 Å². The first-order valence-electron chi connectivity index (χ1n) is 6.59. The Labute approximate surface area is 106 Å². The molecule has 0 heterocycles. The van der Waals surface area contributed by atoms with Crippen LogP contribution in [0.3, 0.4) is 0 Å². The minimum Gasteiger partial charge on any atom is -0.384 e. The highest BCUT2D eigenvalue weighted by atomic mass is 28.3. The van der Waals surface area contributed by atoms with Gasteiger partial charge in [-0.3, -0.25) is 0 Å². The van der Waals surface area contributed by atoms with Gasteiger partial charge in [-0.05, 0) is 5.56 Å². The molecule has 0 aliphatic heterocycles. The quantitative estimate of drug-likeness (QED) is 0.743. The number of hydrogen-bond acceptors (Lipinski definition) is 1. The lowest BCUT2D eigenvalue weighted by Gasteiger charge is -2.24. The third-order valence-electron chi connectivity index (χ3n) is 3.89. The molecule has 1 aromatic carbocycles. The van der Waals surface area contributed by atoms with E-state index in [0.29, 0.717) is 0 Å². The minimum atomic E-state index is -1.25. The molecule has 0 fully saturated rings. The molecule has 94 valence electrons. The molecule has 0 spiro atoms. The van der Waals surface area contributed by atoms with Crippen molar-refractivity contribution in [3.8, 4) is 0 Å². The van der Waals surface area contributed by atoms with Crippen LogP contribution in [0.4, 0.5) is 0 Å². The van der Waals surface area contributed by atoms with Gasteiger partial charge in [-0.1, -0.05) is 81.0 Å². The lowest BCUT2D eigenvalue weighted by molar-refractivity contribution is 0.229. The summed E-state index contributed by atoms with van der Waals surface area (Å²) in [7, 11) is -1.25. The molecule has 1 atom stereocenters. The Kier molecular flexibility index (Phi) is 5.66. The topological polar surface area (TPSA) is 20.2 Å². The maximum atomic E-state index is 10.1. The van der Waals surface area contributed by atoms with Crippen LogP contribution in [0.5, 0.6) is 0 Å². The molecule has 2 heteroatoms. The molecule has 1 nitrogen and oxygen atoms in total. The summed E-state index contributed by atoms with van der Waals surface area (Å²) < 4.78 is 0. The summed E-state index contributed by atoms with van der Waals surface area (Å²) >= 11 is 0. The van der Waals surface area contributed by atoms with E-state index in [1.807, 2.05) is 36.4 Å². The molecule has 0 amide bonds. The number of rotatable bonds is 6. The predicted octanol–water partition coefficient (Wildman–Crippen LogP) is 4.32. The van der Waals surface area contributed by atoms with Crippen molar-refractivity contribution >= 4 is 8.07 Å². The zero-order valence-corrected chi connectivity index (χ0v) is 12.2. The second-order valence-electron chi connectivity index (χ2n) is 4.64. The van der Waals surface area contributed by atoms with Gasteiger partial charge in [-0.2, -0.15) is 0 Å². The Morgan fingerprint density at radius 2 is 1.59 bits per heavy atom. The van der Waals surface area contributed by atoms with Gasteiger partial charge in [0.05, 0.1) is 14.2 Å². The summed E-state index contributed by atoms with van der Waals surface area (Å²) in [6.07, 6.45) is 1.55. The monoisotopic (exact) mass is 248 g/mol. The van der Waals surface area contributed by atoms with E-state index < -0.39 is 14.2 Å². The molecule has 17 heavy (non-hydrogen) atoms. The molecule has 0 bridgehead atoms. The van der Waals surface area contributed by atoms with Crippen molar-refractivity contribution in [3.63, 3.8) is 0 Å². The summed E-state index contributed by atoms with van der Waals surface area (Å²) in [5.41, 5.74) is 3.32. The first-order chi connectivity index (χ1) is 8.17. The molecule has 0 aliphatic rings. The number of benzene rings is 1. The zero-order chi connectivity index (χ0) is 12.7. The average molecular weight is 248 g/mol. The average Bonchev–Trinajstić information content (AvgIpc) is 2.41. The molecule has 0 aromatic heterocycles. The lowest BCUT2D eigenvalue weighted by Crippen LogP contribution is -2.28. The van der Waals surface area contributed by atoms with Crippen LogP contribution in [0.15, 0.2) is 42.1 Å². The summed E-state index contributed by atoms with van der Waals surface area (Å²) in [5.74, 6) is 0. The van der Waals surface area contributed by atoms with E-state index >= 15 is 0 Å². The maximum Gasteiger partial charge on any atom is 0.0968 e. The van der Waals surface area contributed by atoms with Crippen LogP contribution < -0.4 is 0 Å². The first-order valence-corrected chi connectivity index (χ1v) is 9.29. The predicted molar refractivity (Wildman–Crippen MR) is 77.7 cm³/mol. The highest BCUT2D eigenvalue weighted by Crippen LogP contribution is 2.23. The van der Waals surface area contributed by atoms with Crippen LogP contribution in [0.25, 0.3) is 0 Å². The van der Waals surface area contributed by atoms with Gasteiger partial charge < -0.3 is 5.11 Å². The summed E-state index contributed by atoms with van der Waals surface area (Å²) in [5, 5.41) is 10.1. The fourth-order valence-corrected chi connectivity index (χ4v) is 4.96. The van der Waals surface area contributed by atoms with Gasteiger partial charge in [0, 0.05) is 0 Å². The van der Waals surface area contributed by atoms with Crippen molar-refractivity contribution in [1.29, 1.82) is 0 Å². The van der Waals surface area contributed by atoms with Crippen molar-refractivity contribution in [2.45, 2.75) is 45.0 Å². The SMILES string of the molecule is CC[Si](/C=C\C(O)c1ccccc1)(CC)CC. The smallest absolute Gasteiger partial charge is 0.0968 e.